The summed E-state index contributed by atoms with van der Waals surface area (Å²) in [5, 5.41) is 10.1. The Hall–Kier alpha value is -4.13. The maximum atomic E-state index is 14.5. The predicted octanol–water partition coefficient (Wildman–Crippen LogP) is 4.01. The Labute approximate surface area is 220 Å². The van der Waals surface area contributed by atoms with Gasteiger partial charge in [-0.15, -0.1) is 0 Å². The number of halogens is 7. The Morgan fingerprint density at radius 2 is 1.62 bits per heavy atom. The molecule has 3 rings (SSSR count). The van der Waals surface area contributed by atoms with Gasteiger partial charge in [-0.2, -0.15) is 26.3 Å². The fourth-order valence-corrected chi connectivity index (χ4v) is 3.67. The van der Waals surface area contributed by atoms with Crippen LogP contribution in [-0.2, 0) is 14.8 Å². The van der Waals surface area contributed by atoms with Crippen molar-refractivity contribution in [3.05, 3.63) is 36.4 Å². The molecule has 0 aliphatic heterocycles. The molecule has 1 heterocycles. The molecule has 0 saturated heterocycles. The van der Waals surface area contributed by atoms with Crippen molar-refractivity contribution in [3.63, 3.8) is 0 Å². The van der Waals surface area contributed by atoms with Gasteiger partial charge in [0.15, 0.2) is 6.61 Å². The van der Waals surface area contributed by atoms with E-state index in [-0.39, 0.29) is 17.3 Å². The molecule has 0 amide bonds. The van der Waals surface area contributed by atoms with Crippen LogP contribution in [0, 0.1) is 5.82 Å². The largest absolute Gasteiger partial charge is 0.497 e. The number of nitrogens with one attached hydrogen (secondary N) is 2. The van der Waals surface area contributed by atoms with Gasteiger partial charge in [0.1, 0.15) is 40.1 Å². The number of anilines is 2. The Bertz CT molecular complexity index is 1480. The Morgan fingerprint density at radius 3 is 2.12 bits per heavy atom. The van der Waals surface area contributed by atoms with Crippen LogP contribution in [0.15, 0.2) is 35.5 Å². The molecule has 3 N–H and O–H groups in total. The minimum absolute atomic E-state index is 0.0378. The first-order valence-electron chi connectivity index (χ1n) is 10.3. The summed E-state index contributed by atoms with van der Waals surface area (Å²) in [5.41, 5.74) is 0.0685. The lowest BCUT2D eigenvalue weighted by Crippen LogP contribution is -2.22. The van der Waals surface area contributed by atoms with E-state index in [2.05, 4.69) is 15.3 Å². The molecular weight excluding hydrogens is 585 g/mol. The quantitative estimate of drug-likeness (QED) is 0.322. The molecule has 0 radical (unpaired) electrons. The number of hydrogen-bond acceptors (Lipinski definition) is 9. The van der Waals surface area contributed by atoms with Crippen LogP contribution in [0.3, 0.4) is 0 Å². The number of carbonyl (C=O) groups is 1. The summed E-state index contributed by atoms with van der Waals surface area (Å²) < 4.78 is 126. The highest BCUT2D eigenvalue weighted by molar-refractivity contribution is 7.89. The monoisotopic (exact) mass is 604 g/mol. The second kappa shape index (κ2) is 12.4. The molecule has 0 aliphatic carbocycles. The average Bonchev–Trinajstić information content (AvgIpc) is 2.87. The third kappa shape index (κ3) is 8.18. The van der Waals surface area contributed by atoms with Gasteiger partial charge in [-0.05, 0) is 13.1 Å². The maximum Gasteiger partial charge on any atom is 0.490 e. The third-order valence-electron chi connectivity index (χ3n) is 4.61. The summed E-state index contributed by atoms with van der Waals surface area (Å²) in [6.07, 6.45) is -8.64. The van der Waals surface area contributed by atoms with E-state index >= 15 is 0 Å². The molecule has 0 unspecified atom stereocenters. The third-order valence-corrected chi connectivity index (χ3v) is 6.04. The van der Waals surface area contributed by atoms with Crippen molar-refractivity contribution in [1.29, 1.82) is 0 Å². The van der Waals surface area contributed by atoms with Gasteiger partial charge in [-0.25, -0.2) is 32.3 Å². The number of carboxylic acids is 1. The minimum atomic E-state index is -5.08. The number of alkyl halides is 6. The summed E-state index contributed by atoms with van der Waals surface area (Å²) in [5.74, 6) is -3.93. The highest BCUT2D eigenvalue weighted by Gasteiger charge is 2.38. The van der Waals surface area contributed by atoms with Gasteiger partial charge in [0.2, 0.25) is 10.0 Å². The number of hydrogen-bond donors (Lipinski definition) is 3. The van der Waals surface area contributed by atoms with Gasteiger partial charge in [0, 0.05) is 18.2 Å². The standard InChI is InChI=1S/C19H18F4N4O5S.C2HF3O2/c1-24-33(28,29)16-7-12(14(6-11(16)20)32-8-19(21,22)23)27-18-17-13(25-9-26-18)4-10(30-2)5-15(17)31-3;3-2(4,5)1(6)7/h4-7,9,24H,8H2,1-3H3,(H,25,26,27);(H,6,7). The van der Waals surface area contributed by atoms with Gasteiger partial charge >= 0.3 is 18.3 Å². The number of methoxy groups -OCH3 is 2. The van der Waals surface area contributed by atoms with Crippen molar-refractivity contribution in [2.45, 2.75) is 17.2 Å². The number of ether oxygens (including phenoxy) is 3. The zero-order valence-corrected chi connectivity index (χ0v) is 21.3. The molecule has 0 saturated carbocycles. The first-order valence-corrected chi connectivity index (χ1v) is 11.8. The molecule has 0 bridgehead atoms. The first kappa shape index (κ1) is 32.1. The molecular formula is C21H19F7N4O7S. The van der Waals surface area contributed by atoms with Crippen molar-refractivity contribution in [3.8, 4) is 17.2 Å². The van der Waals surface area contributed by atoms with Crippen LogP contribution in [0.4, 0.5) is 42.2 Å². The number of aliphatic carboxylic acids is 1. The van der Waals surface area contributed by atoms with E-state index in [9.17, 15) is 39.2 Å². The molecule has 40 heavy (non-hydrogen) atoms. The molecule has 3 aromatic rings. The molecule has 0 fully saturated rings. The van der Waals surface area contributed by atoms with Gasteiger partial charge in [-0.3, -0.25) is 0 Å². The van der Waals surface area contributed by atoms with Crippen LogP contribution < -0.4 is 24.2 Å². The van der Waals surface area contributed by atoms with Crippen LogP contribution in [0.2, 0.25) is 0 Å². The SMILES string of the molecule is CNS(=O)(=O)c1cc(Nc2ncnc3cc(OC)cc(OC)c23)c(OCC(F)(F)F)cc1F.O=C(O)C(F)(F)F. The fraction of sp³-hybridized carbons (Fsp3) is 0.286. The van der Waals surface area contributed by atoms with Crippen molar-refractivity contribution in [2.75, 3.05) is 33.2 Å². The molecule has 220 valence electrons. The van der Waals surface area contributed by atoms with Crippen LogP contribution in [-0.4, -0.2) is 69.7 Å². The van der Waals surface area contributed by atoms with E-state index in [1.54, 1.807) is 6.07 Å². The lowest BCUT2D eigenvalue weighted by molar-refractivity contribution is -0.192. The summed E-state index contributed by atoms with van der Waals surface area (Å²) in [6.45, 7) is -1.73. The normalized spacial score (nSPS) is 11.8. The second-order valence-electron chi connectivity index (χ2n) is 7.26. The van der Waals surface area contributed by atoms with Crippen LogP contribution in [0.5, 0.6) is 17.2 Å². The molecule has 19 heteroatoms. The van der Waals surface area contributed by atoms with E-state index in [1.165, 1.54) is 20.3 Å². The highest BCUT2D eigenvalue weighted by Crippen LogP contribution is 2.38. The van der Waals surface area contributed by atoms with Crippen molar-refractivity contribution in [2.24, 2.45) is 0 Å². The number of benzene rings is 2. The van der Waals surface area contributed by atoms with Gasteiger partial charge in [0.25, 0.3) is 0 Å². The van der Waals surface area contributed by atoms with Gasteiger partial charge in [0.05, 0.1) is 30.8 Å². The Morgan fingerprint density at radius 1 is 1.00 bits per heavy atom. The molecule has 1 aromatic heterocycles. The number of fused-ring (bicyclic) bond motifs is 1. The number of nitrogens with zero attached hydrogens (tertiary/aromatic N) is 2. The average molecular weight is 604 g/mol. The van der Waals surface area contributed by atoms with Crippen LogP contribution in [0.1, 0.15) is 0 Å². The van der Waals surface area contributed by atoms with Gasteiger partial charge < -0.3 is 24.6 Å². The molecule has 0 atom stereocenters. The molecule has 2 aromatic carbocycles. The highest BCUT2D eigenvalue weighted by atomic mass is 32.2. The summed E-state index contributed by atoms with van der Waals surface area (Å²) in [7, 11) is -0.412. The minimum Gasteiger partial charge on any atom is -0.497 e. The topological polar surface area (TPSA) is 149 Å². The lowest BCUT2D eigenvalue weighted by atomic mass is 10.2. The van der Waals surface area contributed by atoms with Crippen molar-refractivity contribution < 1.29 is 63.3 Å². The smallest absolute Gasteiger partial charge is 0.490 e. The summed E-state index contributed by atoms with van der Waals surface area (Å²) in [4.78, 5) is 16.3. The fourth-order valence-electron chi connectivity index (χ4n) is 2.86. The summed E-state index contributed by atoms with van der Waals surface area (Å²) >= 11 is 0. The van der Waals surface area contributed by atoms with E-state index in [4.69, 9.17) is 24.1 Å². The Balaban J connectivity index is 0.000000708. The van der Waals surface area contributed by atoms with Crippen LogP contribution >= 0.6 is 0 Å². The van der Waals surface area contributed by atoms with E-state index in [1.807, 2.05) is 4.72 Å². The predicted molar refractivity (Wildman–Crippen MR) is 124 cm³/mol. The zero-order valence-electron chi connectivity index (χ0n) is 20.4. The zero-order chi connectivity index (χ0) is 30.5. The number of aromatic nitrogens is 2. The molecule has 11 nitrogen and oxygen atoms in total. The second-order valence-corrected chi connectivity index (χ2v) is 9.12. The summed E-state index contributed by atoms with van der Waals surface area (Å²) in [6, 6.07) is 4.44. The molecule has 0 spiro atoms. The number of rotatable bonds is 8. The number of sulfonamides is 1. The first-order chi connectivity index (χ1) is 18.4. The van der Waals surface area contributed by atoms with Crippen molar-refractivity contribution in [1.82, 2.24) is 14.7 Å². The van der Waals surface area contributed by atoms with E-state index in [0.717, 1.165) is 19.4 Å². The van der Waals surface area contributed by atoms with E-state index < -0.39 is 51.4 Å². The Kier molecular flexibility index (Phi) is 9.92. The number of carboxylic acid groups (broad SMARTS) is 1. The van der Waals surface area contributed by atoms with Crippen LogP contribution in [0.25, 0.3) is 10.9 Å². The van der Waals surface area contributed by atoms with Crippen molar-refractivity contribution >= 4 is 38.4 Å². The maximum absolute atomic E-state index is 14.5. The van der Waals surface area contributed by atoms with Gasteiger partial charge in [-0.1, -0.05) is 0 Å². The van der Waals surface area contributed by atoms with E-state index in [0.29, 0.717) is 22.7 Å². The molecule has 0 aliphatic rings. The lowest BCUT2D eigenvalue weighted by Gasteiger charge is -2.17.